The fourth-order valence-electron chi connectivity index (χ4n) is 2.09. The van der Waals surface area contributed by atoms with Crippen molar-refractivity contribution in [2.75, 3.05) is 13.2 Å². The number of carbonyl (C=O) groups is 2. The maximum Gasteiger partial charge on any atom is 0.259 e. The second-order valence-electron chi connectivity index (χ2n) is 5.72. The van der Waals surface area contributed by atoms with Crippen molar-refractivity contribution in [2.45, 2.75) is 19.8 Å². The van der Waals surface area contributed by atoms with Crippen LogP contribution in [0.15, 0.2) is 53.6 Å². The zero-order valence-corrected chi connectivity index (χ0v) is 15.8. The van der Waals surface area contributed by atoms with Crippen molar-refractivity contribution >= 4 is 29.6 Å². The number of amides is 2. The first-order chi connectivity index (χ1) is 13.1. The van der Waals surface area contributed by atoms with Crippen molar-refractivity contribution < 1.29 is 14.3 Å². The largest absolute Gasteiger partial charge is 0.494 e. The molecule has 0 radical (unpaired) electrons. The van der Waals surface area contributed by atoms with Crippen LogP contribution in [0.1, 0.15) is 35.7 Å². The molecular weight excluding hydrogens is 366 g/mol. The number of nitrogens with zero attached hydrogens (tertiary/aromatic N) is 1. The van der Waals surface area contributed by atoms with Gasteiger partial charge in [0.15, 0.2) is 0 Å². The summed E-state index contributed by atoms with van der Waals surface area (Å²) in [7, 11) is 0. The number of hydrogen-bond donors (Lipinski definition) is 2. The van der Waals surface area contributed by atoms with Gasteiger partial charge in [-0.3, -0.25) is 9.59 Å². The van der Waals surface area contributed by atoms with Crippen molar-refractivity contribution in [3.8, 4) is 5.75 Å². The number of hydrogen-bond acceptors (Lipinski definition) is 4. The fourth-order valence-corrected chi connectivity index (χ4v) is 2.28. The van der Waals surface area contributed by atoms with E-state index in [9.17, 15) is 9.59 Å². The molecule has 0 heterocycles. The van der Waals surface area contributed by atoms with E-state index < -0.39 is 5.91 Å². The van der Waals surface area contributed by atoms with Gasteiger partial charge in [-0.25, -0.2) is 5.43 Å². The van der Waals surface area contributed by atoms with Gasteiger partial charge < -0.3 is 10.1 Å². The van der Waals surface area contributed by atoms with Gasteiger partial charge in [-0.15, -0.1) is 0 Å². The average molecular weight is 388 g/mol. The first kappa shape index (κ1) is 20.5. The first-order valence-electron chi connectivity index (χ1n) is 8.67. The molecule has 6 nitrogen and oxygen atoms in total. The van der Waals surface area contributed by atoms with Gasteiger partial charge in [0.25, 0.3) is 11.8 Å². The Morgan fingerprint density at radius 2 is 1.89 bits per heavy atom. The third kappa shape index (κ3) is 7.11. The number of hydrazone groups is 1. The molecule has 2 aromatic carbocycles. The fraction of sp³-hybridized carbons (Fsp3) is 0.250. The minimum Gasteiger partial charge on any atom is -0.494 e. The van der Waals surface area contributed by atoms with Crippen molar-refractivity contribution in [3.63, 3.8) is 0 Å². The van der Waals surface area contributed by atoms with Crippen LogP contribution in [0.3, 0.4) is 0 Å². The molecule has 0 spiro atoms. The lowest BCUT2D eigenvalue weighted by molar-refractivity contribution is -0.120. The molecule has 0 saturated carbocycles. The second kappa shape index (κ2) is 11.0. The summed E-state index contributed by atoms with van der Waals surface area (Å²) in [5.41, 5.74) is 3.47. The summed E-state index contributed by atoms with van der Waals surface area (Å²) in [6.07, 6.45) is 3.49. The van der Waals surface area contributed by atoms with Crippen LogP contribution in [-0.4, -0.2) is 31.2 Å². The third-order valence-corrected chi connectivity index (χ3v) is 3.93. The number of halogens is 1. The van der Waals surface area contributed by atoms with Gasteiger partial charge in [0, 0.05) is 16.1 Å². The molecule has 2 rings (SSSR count). The molecule has 0 aliphatic heterocycles. The number of benzene rings is 2. The lowest BCUT2D eigenvalue weighted by Gasteiger charge is -2.07. The van der Waals surface area contributed by atoms with Crippen molar-refractivity contribution in [2.24, 2.45) is 5.10 Å². The summed E-state index contributed by atoms with van der Waals surface area (Å²) in [5, 5.41) is 6.90. The van der Waals surface area contributed by atoms with Gasteiger partial charge in [-0.05, 0) is 36.8 Å². The predicted octanol–water partition coefficient (Wildman–Crippen LogP) is 3.40. The monoisotopic (exact) mass is 387 g/mol. The third-order valence-electron chi connectivity index (χ3n) is 3.59. The maximum atomic E-state index is 12.1. The van der Waals surface area contributed by atoms with Crippen LogP contribution < -0.4 is 15.5 Å². The quantitative estimate of drug-likeness (QED) is 0.393. The van der Waals surface area contributed by atoms with Crippen LogP contribution in [0.2, 0.25) is 5.02 Å². The molecule has 2 amide bonds. The molecule has 0 aliphatic rings. The lowest BCUT2D eigenvalue weighted by atomic mass is 10.2. The van der Waals surface area contributed by atoms with E-state index in [1.165, 1.54) is 6.21 Å². The summed E-state index contributed by atoms with van der Waals surface area (Å²) in [6.45, 7) is 2.56. The summed E-state index contributed by atoms with van der Waals surface area (Å²) in [6, 6.07) is 13.9. The second-order valence-corrected chi connectivity index (χ2v) is 6.13. The van der Waals surface area contributed by atoms with Crippen molar-refractivity contribution in [1.29, 1.82) is 0 Å². The minimum atomic E-state index is -0.439. The van der Waals surface area contributed by atoms with Gasteiger partial charge in [0.2, 0.25) is 0 Å². The van der Waals surface area contributed by atoms with E-state index >= 15 is 0 Å². The molecule has 2 N–H and O–H groups in total. The highest BCUT2D eigenvalue weighted by Crippen LogP contribution is 2.13. The Bertz CT molecular complexity index is 791. The summed E-state index contributed by atoms with van der Waals surface area (Å²) < 4.78 is 5.55. The van der Waals surface area contributed by atoms with Crippen molar-refractivity contribution in [3.05, 3.63) is 64.7 Å². The highest BCUT2D eigenvalue weighted by Gasteiger charge is 2.08. The Labute approximate surface area is 163 Å². The van der Waals surface area contributed by atoms with Gasteiger partial charge in [-0.2, -0.15) is 5.10 Å². The standard InChI is InChI=1S/C20H22ClN3O3/c1-2-3-12-27-17-10-8-15(9-11-17)20(26)22-14-19(25)24-23-13-16-6-4-5-7-18(16)21/h4-11,13H,2-3,12,14H2,1H3,(H,22,26)(H,24,25)/b23-13+. The van der Waals surface area contributed by atoms with Crippen LogP contribution in [-0.2, 0) is 4.79 Å². The Balaban J connectivity index is 1.76. The molecule has 0 aromatic heterocycles. The highest BCUT2D eigenvalue weighted by atomic mass is 35.5. The molecule has 27 heavy (non-hydrogen) atoms. The SMILES string of the molecule is CCCCOc1ccc(C(=O)NCC(=O)N/N=C/c2ccccc2Cl)cc1. The smallest absolute Gasteiger partial charge is 0.259 e. The van der Waals surface area contributed by atoms with Crippen LogP contribution >= 0.6 is 11.6 Å². The van der Waals surface area contributed by atoms with E-state index in [-0.39, 0.29) is 12.5 Å². The van der Waals surface area contributed by atoms with E-state index in [1.54, 1.807) is 42.5 Å². The number of unbranched alkanes of at least 4 members (excludes halogenated alkanes) is 1. The Kier molecular flexibility index (Phi) is 8.32. The molecule has 0 bridgehead atoms. The van der Waals surface area contributed by atoms with Crippen LogP contribution in [0.4, 0.5) is 0 Å². The van der Waals surface area contributed by atoms with E-state index in [0.717, 1.165) is 12.8 Å². The van der Waals surface area contributed by atoms with Crippen LogP contribution in [0.5, 0.6) is 5.75 Å². The zero-order valence-electron chi connectivity index (χ0n) is 15.1. The molecule has 0 atom stereocenters. The molecule has 0 saturated heterocycles. The van der Waals surface area contributed by atoms with Gasteiger partial charge >= 0.3 is 0 Å². The molecule has 7 heteroatoms. The van der Waals surface area contributed by atoms with Crippen molar-refractivity contribution in [1.82, 2.24) is 10.7 Å². The molecule has 142 valence electrons. The molecule has 0 fully saturated rings. The maximum absolute atomic E-state index is 12.1. The van der Waals surface area contributed by atoms with E-state index in [4.69, 9.17) is 16.3 Å². The molecule has 0 aliphatic carbocycles. The highest BCUT2D eigenvalue weighted by molar-refractivity contribution is 6.33. The molecule has 2 aromatic rings. The number of ether oxygens (including phenoxy) is 1. The Morgan fingerprint density at radius 1 is 1.15 bits per heavy atom. The zero-order chi connectivity index (χ0) is 19.5. The van der Waals surface area contributed by atoms with E-state index in [0.29, 0.717) is 28.5 Å². The molecule has 0 unspecified atom stereocenters. The number of carbonyl (C=O) groups excluding carboxylic acids is 2. The topological polar surface area (TPSA) is 79.8 Å². The molecular formula is C20H22ClN3O3. The summed E-state index contributed by atoms with van der Waals surface area (Å²) in [4.78, 5) is 23.8. The Hall–Kier alpha value is -2.86. The van der Waals surface area contributed by atoms with Gasteiger partial charge in [0.1, 0.15) is 5.75 Å². The predicted molar refractivity (Wildman–Crippen MR) is 106 cm³/mol. The number of nitrogens with one attached hydrogen (secondary N) is 2. The normalized spacial score (nSPS) is 10.6. The van der Waals surface area contributed by atoms with E-state index in [2.05, 4.69) is 22.8 Å². The van der Waals surface area contributed by atoms with Gasteiger partial charge in [-0.1, -0.05) is 43.1 Å². The summed E-state index contributed by atoms with van der Waals surface area (Å²) >= 11 is 5.99. The van der Waals surface area contributed by atoms with Crippen LogP contribution in [0, 0.1) is 0 Å². The average Bonchev–Trinajstić information content (AvgIpc) is 2.68. The van der Waals surface area contributed by atoms with Crippen LogP contribution in [0.25, 0.3) is 0 Å². The van der Waals surface area contributed by atoms with Gasteiger partial charge in [0.05, 0.1) is 19.4 Å². The Morgan fingerprint density at radius 3 is 2.59 bits per heavy atom. The minimum absolute atomic E-state index is 0.187. The summed E-state index contributed by atoms with van der Waals surface area (Å²) in [5.74, 6) is -0.0711. The number of rotatable bonds is 9. The first-order valence-corrected chi connectivity index (χ1v) is 9.05. The van der Waals surface area contributed by atoms with E-state index in [1.807, 2.05) is 6.07 Å². The lowest BCUT2D eigenvalue weighted by Crippen LogP contribution is -2.34.